The van der Waals surface area contributed by atoms with E-state index in [1.807, 2.05) is 0 Å². The summed E-state index contributed by atoms with van der Waals surface area (Å²) in [7, 11) is -1.01. The molecule has 0 radical (unpaired) electrons. The summed E-state index contributed by atoms with van der Waals surface area (Å²) >= 11 is 0. The second kappa shape index (κ2) is 2.43. The predicted octanol–water partition coefficient (Wildman–Crippen LogP) is 1.22. The van der Waals surface area contributed by atoms with Gasteiger partial charge in [0.15, 0.2) is 0 Å². The van der Waals surface area contributed by atoms with Crippen LogP contribution in [0.2, 0.25) is 0 Å². The molecule has 0 aromatic carbocycles. The van der Waals surface area contributed by atoms with Crippen LogP contribution in [0.1, 0.15) is 12.8 Å². The molecule has 2 rings (SSSR count). The average Bonchev–Trinajstić information content (AvgIpc) is 2.62. The number of fused-ring (bicyclic) bond motifs is 2. The summed E-state index contributed by atoms with van der Waals surface area (Å²) in [5.74, 6) is 0.761. The topological polar surface area (TPSA) is 40.9 Å². The third-order valence-corrected chi connectivity index (χ3v) is 4.63. The second-order valence-electron chi connectivity index (χ2n) is 3.65. The molecule has 2 bridgehead atoms. The van der Waals surface area contributed by atoms with E-state index in [9.17, 15) is 4.21 Å². The van der Waals surface area contributed by atoms with Crippen LogP contribution in [0.15, 0.2) is 12.2 Å². The lowest BCUT2D eigenvalue weighted by Crippen LogP contribution is -2.36. The third kappa shape index (κ3) is 0.818. The number of allylic oxidation sites excluding steroid dienone is 2. The number of hydrogen-bond donors (Lipinski definition) is 0. The molecular weight excluding hydrogens is 170 g/mol. The summed E-state index contributed by atoms with van der Waals surface area (Å²) in [4.78, 5) is 0. The number of nitrogens with zero attached hydrogens (tertiary/aromatic N) is 1. The Kier molecular flexibility index (Phi) is 1.62. The molecular formula is C9H11NOS. The lowest BCUT2D eigenvalue weighted by molar-refractivity contribution is 0.577. The molecule has 0 aromatic heterocycles. The third-order valence-electron chi connectivity index (χ3n) is 3.04. The molecule has 0 heterocycles. The normalized spacial score (nSPS) is 46.0. The Bertz CT molecular complexity index is 304. The van der Waals surface area contributed by atoms with E-state index in [0.717, 1.165) is 12.8 Å². The molecule has 0 aliphatic heterocycles. The molecule has 1 fully saturated rings. The Morgan fingerprint density at radius 2 is 2.42 bits per heavy atom. The van der Waals surface area contributed by atoms with Crippen LogP contribution in [0.4, 0.5) is 0 Å². The highest BCUT2D eigenvalue weighted by Crippen LogP contribution is 2.48. The summed E-state index contributed by atoms with van der Waals surface area (Å²) in [6, 6.07) is 2.26. The van der Waals surface area contributed by atoms with Crippen LogP contribution in [0.25, 0.3) is 0 Å². The Labute approximate surface area is 74.7 Å². The van der Waals surface area contributed by atoms with Crippen molar-refractivity contribution < 1.29 is 4.21 Å². The number of rotatable bonds is 1. The van der Waals surface area contributed by atoms with Gasteiger partial charge in [-0.1, -0.05) is 12.2 Å². The van der Waals surface area contributed by atoms with Crippen molar-refractivity contribution in [2.75, 3.05) is 6.26 Å². The van der Waals surface area contributed by atoms with Gasteiger partial charge in [-0.3, -0.25) is 4.21 Å². The first kappa shape index (κ1) is 8.00. The van der Waals surface area contributed by atoms with E-state index in [1.165, 1.54) is 0 Å². The molecule has 0 aromatic rings. The fourth-order valence-corrected chi connectivity index (χ4v) is 3.51. The highest BCUT2D eigenvalue weighted by Gasteiger charge is 2.51. The monoisotopic (exact) mass is 181 g/mol. The zero-order valence-electron chi connectivity index (χ0n) is 6.99. The highest BCUT2D eigenvalue weighted by atomic mass is 32.2. The minimum atomic E-state index is -1.01. The summed E-state index contributed by atoms with van der Waals surface area (Å²) in [6.45, 7) is 0. The summed E-state index contributed by atoms with van der Waals surface area (Å²) in [5.41, 5.74) is 0. The van der Waals surface area contributed by atoms with Crippen molar-refractivity contribution in [3.05, 3.63) is 12.2 Å². The van der Waals surface area contributed by atoms with Crippen molar-refractivity contribution >= 4 is 10.8 Å². The van der Waals surface area contributed by atoms with Crippen molar-refractivity contribution in [3.8, 4) is 6.07 Å². The minimum absolute atomic E-state index is 0.248. The number of nitriles is 1. The van der Waals surface area contributed by atoms with Crippen molar-refractivity contribution in [2.45, 2.75) is 17.6 Å². The molecule has 1 unspecified atom stereocenters. The van der Waals surface area contributed by atoms with E-state index >= 15 is 0 Å². The molecule has 2 aliphatic carbocycles. The van der Waals surface area contributed by atoms with Gasteiger partial charge in [-0.15, -0.1) is 0 Å². The maximum absolute atomic E-state index is 11.4. The van der Waals surface area contributed by atoms with Crippen LogP contribution in [0, 0.1) is 23.2 Å². The van der Waals surface area contributed by atoms with E-state index < -0.39 is 15.5 Å². The van der Waals surface area contributed by atoms with E-state index in [-0.39, 0.29) is 5.92 Å². The maximum Gasteiger partial charge on any atom is 0.138 e. The zero-order chi connectivity index (χ0) is 8.77. The molecule has 2 nitrogen and oxygen atoms in total. The largest absolute Gasteiger partial charge is 0.258 e. The fourth-order valence-electron chi connectivity index (χ4n) is 2.34. The summed E-state index contributed by atoms with van der Waals surface area (Å²) < 4.78 is 10.9. The lowest BCUT2D eigenvalue weighted by Gasteiger charge is -2.25. The molecule has 0 saturated heterocycles. The SMILES string of the molecule is CS(=O)[C@]1(C#N)C[C@H]2C=C[C@@H]1C2. The van der Waals surface area contributed by atoms with Gasteiger partial charge in [0, 0.05) is 23.0 Å². The van der Waals surface area contributed by atoms with Gasteiger partial charge in [-0.05, 0) is 18.8 Å². The molecule has 0 N–H and O–H groups in total. The first-order chi connectivity index (χ1) is 5.69. The fraction of sp³-hybridized carbons (Fsp3) is 0.667. The Hall–Kier alpha value is -0.620. The van der Waals surface area contributed by atoms with Crippen LogP contribution < -0.4 is 0 Å². The molecule has 1 saturated carbocycles. The van der Waals surface area contributed by atoms with Crippen molar-refractivity contribution in [1.82, 2.24) is 0 Å². The van der Waals surface area contributed by atoms with E-state index in [0.29, 0.717) is 5.92 Å². The molecule has 3 heteroatoms. The molecule has 64 valence electrons. The average molecular weight is 181 g/mol. The van der Waals surface area contributed by atoms with Gasteiger partial charge in [0.1, 0.15) is 4.75 Å². The molecule has 0 amide bonds. The standard InChI is InChI=1S/C9H11NOS/c1-12(11)9(6-10)5-7-2-3-8(9)4-7/h2-3,7-8H,4-5H2,1H3/t7-,8+,9-,12?/m0/s1. The van der Waals surface area contributed by atoms with Crippen LogP contribution in [-0.4, -0.2) is 15.2 Å². The van der Waals surface area contributed by atoms with Crippen LogP contribution in [-0.2, 0) is 10.8 Å². The van der Waals surface area contributed by atoms with Gasteiger partial charge in [-0.25, -0.2) is 0 Å². The lowest BCUT2D eigenvalue weighted by atomic mass is 9.94. The molecule has 2 aliphatic rings. The molecule has 4 atom stereocenters. The second-order valence-corrected chi connectivity index (χ2v) is 5.28. The minimum Gasteiger partial charge on any atom is -0.258 e. The zero-order valence-corrected chi connectivity index (χ0v) is 7.80. The molecule has 0 spiro atoms. The van der Waals surface area contributed by atoms with Gasteiger partial charge in [0.05, 0.1) is 6.07 Å². The molecule has 12 heavy (non-hydrogen) atoms. The van der Waals surface area contributed by atoms with Crippen LogP contribution in [0.5, 0.6) is 0 Å². The van der Waals surface area contributed by atoms with E-state index in [2.05, 4.69) is 18.2 Å². The predicted molar refractivity (Wildman–Crippen MR) is 47.8 cm³/mol. The van der Waals surface area contributed by atoms with E-state index in [1.54, 1.807) is 6.26 Å². The maximum atomic E-state index is 11.4. The van der Waals surface area contributed by atoms with Gasteiger partial charge < -0.3 is 0 Å². The van der Waals surface area contributed by atoms with Crippen LogP contribution >= 0.6 is 0 Å². The Morgan fingerprint density at radius 1 is 1.67 bits per heavy atom. The highest BCUT2D eigenvalue weighted by molar-refractivity contribution is 7.86. The first-order valence-electron chi connectivity index (χ1n) is 4.12. The Morgan fingerprint density at radius 3 is 2.67 bits per heavy atom. The van der Waals surface area contributed by atoms with Gasteiger partial charge >= 0.3 is 0 Å². The summed E-state index contributed by atoms with van der Waals surface area (Å²) in [6.07, 6.45) is 7.71. The smallest absolute Gasteiger partial charge is 0.138 e. The summed E-state index contributed by atoms with van der Waals surface area (Å²) in [5, 5.41) is 9.03. The van der Waals surface area contributed by atoms with Crippen molar-refractivity contribution in [2.24, 2.45) is 11.8 Å². The number of hydrogen-bond acceptors (Lipinski definition) is 2. The van der Waals surface area contributed by atoms with Gasteiger partial charge in [-0.2, -0.15) is 5.26 Å². The first-order valence-corrected chi connectivity index (χ1v) is 5.68. The van der Waals surface area contributed by atoms with Gasteiger partial charge in [0.2, 0.25) is 0 Å². The van der Waals surface area contributed by atoms with E-state index in [4.69, 9.17) is 5.26 Å². The van der Waals surface area contributed by atoms with Crippen LogP contribution in [0.3, 0.4) is 0 Å². The van der Waals surface area contributed by atoms with Gasteiger partial charge in [0.25, 0.3) is 0 Å². The van der Waals surface area contributed by atoms with Crippen molar-refractivity contribution in [3.63, 3.8) is 0 Å². The quantitative estimate of drug-likeness (QED) is 0.571. The Balaban J connectivity index is 2.40. The van der Waals surface area contributed by atoms with Crippen molar-refractivity contribution in [1.29, 1.82) is 5.26 Å².